The van der Waals surface area contributed by atoms with Crippen LogP contribution in [0.3, 0.4) is 0 Å². The number of benzene rings is 9. The van der Waals surface area contributed by atoms with Crippen LogP contribution in [0.1, 0.15) is 0 Å². The molecule has 9 aromatic carbocycles. The smallest absolute Gasteiger partial charge is 0.252 e. The number of fused-ring (bicyclic) bond motifs is 12. The summed E-state index contributed by atoms with van der Waals surface area (Å²) in [6.45, 7) is 0.261. The lowest BCUT2D eigenvalue weighted by Gasteiger charge is -2.51. The van der Waals surface area contributed by atoms with Gasteiger partial charge < -0.3 is 19.6 Å². The Labute approximate surface area is 355 Å². The van der Waals surface area contributed by atoms with Crippen molar-refractivity contribution >= 4 is 138 Å². The van der Waals surface area contributed by atoms with Crippen LogP contribution in [0.2, 0.25) is 0 Å². The second-order valence-electron chi connectivity index (χ2n) is 17.1. The lowest BCUT2D eigenvalue weighted by Crippen LogP contribution is -2.70. The first kappa shape index (κ1) is 32.3. The average molecular weight is 770 g/mol. The average Bonchev–Trinajstić information content (AvgIpc) is 3.32. The summed E-state index contributed by atoms with van der Waals surface area (Å²) in [5.41, 5.74) is 27.3. The van der Waals surface area contributed by atoms with Crippen molar-refractivity contribution < 1.29 is 0 Å². The third-order valence-corrected chi connectivity index (χ3v) is 14.4. The van der Waals surface area contributed by atoms with Crippen LogP contribution in [0.15, 0.2) is 200 Å². The van der Waals surface area contributed by atoms with Crippen LogP contribution in [-0.2, 0) is 0 Å². The molecule has 6 heterocycles. The van der Waals surface area contributed by atoms with E-state index in [2.05, 4.69) is 220 Å². The van der Waals surface area contributed by atoms with E-state index >= 15 is 0 Å². The molecule has 9 aromatic rings. The van der Waals surface area contributed by atoms with Gasteiger partial charge in [-0.25, -0.2) is 0 Å². The van der Waals surface area contributed by atoms with Crippen LogP contribution < -0.4 is 68.8 Å². The van der Waals surface area contributed by atoms with Gasteiger partial charge >= 0.3 is 0 Å². The van der Waals surface area contributed by atoms with Crippen molar-refractivity contribution in [3.05, 3.63) is 200 Å². The molecule has 278 valence electrons. The Morgan fingerprint density at radius 3 is 0.852 bits per heavy atom. The van der Waals surface area contributed by atoms with Gasteiger partial charge in [-0.2, -0.15) is 0 Å². The molecule has 0 saturated carbocycles. The van der Waals surface area contributed by atoms with Gasteiger partial charge in [0.25, 0.3) is 20.1 Å². The highest BCUT2D eigenvalue weighted by molar-refractivity contribution is 7.06. The molecule has 0 aliphatic carbocycles. The number of nitrogens with zero attached hydrogens (tertiary/aromatic N) is 4. The molecule has 4 nitrogen and oxygen atoms in total. The summed E-state index contributed by atoms with van der Waals surface area (Å²) in [5, 5.41) is 0. The molecule has 0 bridgehead atoms. The highest BCUT2D eigenvalue weighted by Crippen LogP contribution is 2.49. The van der Waals surface area contributed by atoms with E-state index in [4.69, 9.17) is 0 Å². The number of rotatable bonds is 2. The quantitative estimate of drug-likeness (QED) is 0.176. The van der Waals surface area contributed by atoms with Gasteiger partial charge in [0.2, 0.25) is 0 Å². The molecule has 0 radical (unpaired) electrons. The number of para-hydroxylation sites is 6. The predicted octanol–water partition coefficient (Wildman–Crippen LogP) is 6.99. The summed E-state index contributed by atoms with van der Waals surface area (Å²) in [7, 11) is 0. The van der Waals surface area contributed by atoms with E-state index < -0.39 is 0 Å². The molecule has 6 aliphatic heterocycles. The van der Waals surface area contributed by atoms with Crippen molar-refractivity contribution in [3.63, 3.8) is 0 Å². The topological polar surface area (TPSA) is 13.0 Å². The fourth-order valence-electron chi connectivity index (χ4n) is 12.3. The second-order valence-corrected chi connectivity index (χ2v) is 17.1. The van der Waals surface area contributed by atoms with Crippen LogP contribution in [0.4, 0.5) is 68.2 Å². The minimum atomic E-state index is 0.0670. The SMILES string of the molecule is c1ccc(N2c3ccccc3B3c4cccc5c4N(c4cccc2c43)c2cccc3c2B5c2cccc4c2N3c2cccc3c2B4c2ccccc2N3c2ccccc2)cc1. The molecular formula is C54H33B3N4. The Balaban J connectivity index is 1.01. The molecule has 0 aromatic heterocycles. The van der Waals surface area contributed by atoms with Crippen molar-refractivity contribution in [1.29, 1.82) is 0 Å². The zero-order valence-corrected chi connectivity index (χ0v) is 33.1. The van der Waals surface area contributed by atoms with Crippen LogP contribution in [0.5, 0.6) is 0 Å². The summed E-state index contributed by atoms with van der Waals surface area (Å²) < 4.78 is 0. The van der Waals surface area contributed by atoms with E-state index in [1.165, 1.54) is 117 Å². The molecule has 0 fully saturated rings. The first-order valence-electron chi connectivity index (χ1n) is 21.5. The lowest BCUT2D eigenvalue weighted by molar-refractivity contribution is 1.24. The van der Waals surface area contributed by atoms with Crippen molar-refractivity contribution in [2.75, 3.05) is 19.6 Å². The van der Waals surface area contributed by atoms with E-state index in [0.717, 1.165) is 0 Å². The van der Waals surface area contributed by atoms with Crippen molar-refractivity contribution in [3.8, 4) is 0 Å². The van der Waals surface area contributed by atoms with Crippen LogP contribution in [-0.4, -0.2) is 20.1 Å². The molecule has 0 spiro atoms. The Morgan fingerprint density at radius 2 is 0.475 bits per heavy atom. The van der Waals surface area contributed by atoms with E-state index in [1.807, 2.05) is 0 Å². The Morgan fingerprint density at radius 1 is 0.213 bits per heavy atom. The van der Waals surface area contributed by atoms with E-state index in [1.54, 1.807) is 0 Å². The summed E-state index contributed by atoms with van der Waals surface area (Å²) in [6.07, 6.45) is 0. The van der Waals surface area contributed by atoms with Gasteiger partial charge in [0, 0.05) is 68.2 Å². The molecule has 0 amide bonds. The Hall–Kier alpha value is -7.63. The molecule has 0 unspecified atom stereocenters. The van der Waals surface area contributed by atoms with Gasteiger partial charge in [0.05, 0.1) is 0 Å². The maximum absolute atomic E-state index is 2.63. The predicted molar refractivity (Wildman–Crippen MR) is 259 cm³/mol. The minimum Gasteiger partial charge on any atom is -0.312 e. The Kier molecular flexibility index (Phi) is 6.11. The van der Waals surface area contributed by atoms with E-state index in [-0.39, 0.29) is 20.1 Å². The highest BCUT2D eigenvalue weighted by atomic mass is 15.2. The van der Waals surface area contributed by atoms with Gasteiger partial charge in [0.15, 0.2) is 0 Å². The van der Waals surface area contributed by atoms with E-state index in [0.29, 0.717) is 0 Å². The van der Waals surface area contributed by atoms with Crippen molar-refractivity contribution in [2.45, 2.75) is 0 Å². The second kappa shape index (κ2) is 11.6. The summed E-state index contributed by atoms with van der Waals surface area (Å²) in [4.78, 5) is 10.2. The number of anilines is 12. The number of hydrogen-bond acceptors (Lipinski definition) is 4. The maximum Gasteiger partial charge on any atom is 0.252 e. The summed E-state index contributed by atoms with van der Waals surface area (Å²) in [5.74, 6) is 0. The van der Waals surface area contributed by atoms with Gasteiger partial charge in [-0.3, -0.25) is 0 Å². The molecule has 61 heavy (non-hydrogen) atoms. The fraction of sp³-hybridized carbons (Fsp3) is 0. The monoisotopic (exact) mass is 770 g/mol. The van der Waals surface area contributed by atoms with Gasteiger partial charge in [-0.1, -0.05) is 127 Å². The molecular weight excluding hydrogens is 737 g/mol. The van der Waals surface area contributed by atoms with Gasteiger partial charge in [0.1, 0.15) is 0 Å². The third-order valence-electron chi connectivity index (χ3n) is 14.4. The van der Waals surface area contributed by atoms with Crippen LogP contribution in [0.25, 0.3) is 0 Å². The van der Waals surface area contributed by atoms with Crippen molar-refractivity contribution in [2.24, 2.45) is 0 Å². The van der Waals surface area contributed by atoms with E-state index in [9.17, 15) is 0 Å². The first-order chi connectivity index (χ1) is 30.3. The largest absolute Gasteiger partial charge is 0.312 e. The molecule has 7 heteroatoms. The zero-order chi connectivity index (χ0) is 39.5. The molecule has 0 N–H and O–H groups in total. The van der Waals surface area contributed by atoms with Crippen LogP contribution >= 0.6 is 0 Å². The number of hydrogen-bond donors (Lipinski definition) is 0. The zero-order valence-electron chi connectivity index (χ0n) is 33.1. The highest BCUT2D eigenvalue weighted by Gasteiger charge is 2.52. The van der Waals surface area contributed by atoms with Gasteiger partial charge in [-0.15, -0.1) is 0 Å². The van der Waals surface area contributed by atoms with Crippen LogP contribution in [0, 0.1) is 0 Å². The molecule has 6 aliphatic rings. The fourth-order valence-corrected chi connectivity index (χ4v) is 12.3. The Bertz CT molecular complexity index is 3170. The van der Waals surface area contributed by atoms with Gasteiger partial charge in [-0.05, 0) is 122 Å². The lowest BCUT2D eigenvalue weighted by atomic mass is 9.27. The van der Waals surface area contributed by atoms with Crippen molar-refractivity contribution in [1.82, 2.24) is 0 Å². The summed E-state index contributed by atoms with van der Waals surface area (Å²) >= 11 is 0. The standard InChI is InChI=1S/C54H33B3N4/c1-3-16-34(17-4-1)58-42-26-9-7-20-36(42)55-38-22-11-24-40-53(38)60(46-30-13-28-44(58)50(46)55)48-32-15-33-49-52(48)57(40)41-25-12-23-39-54(41)61(49)47-31-14-29-45-51(47)56(39)37-21-8-10-27-43(37)59(45)35-18-5-2-6-19-35/h1-33H. The molecule has 0 atom stereocenters. The maximum atomic E-state index is 2.63. The first-order valence-corrected chi connectivity index (χ1v) is 21.5. The third kappa shape index (κ3) is 3.91. The summed E-state index contributed by atoms with van der Waals surface area (Å²) in [6, 6.07) is 75.2. The normalized spacial score (nSPS) is 14.7. The molecule has 15 rings (SSSR count). The minimum absolute atomic E-state index is 0.0670. The molecule has 0 saturated heterocycles.